The second kappa shape index (κ2) is 7.07. The van der Waals surface area contributed by atoms with E-state index in [-0.39, 0.29) is 12.5 Å². The van der Waals surface area contributed by atoms with Gasteiger partial charge in [0.1, 0.15) is 6.61 Å². The number of ether oxygens (including phenoxy) is 1. The molecule has 4 nitrogen and oxygen atoms in total. The molecule has 0 atom stereocenters. The molecule has 0 saturated carbocycles. The first-order valence-corrected chi connectivity index (χ1v) is 6.04. The van der Waals surface area contributed by atoms with E-state index < -0.39 is 0 Å². The van der Waals surface area contributed by atoms with E-state index in [4.69, 9.17) is 10.5 Å². The lowest BCUT2D eigenvalue weighted by Crippen LogP contribution is -2.29. The molecule has 0 aliphatic heterocycles. The van der Waals surface area contributed by atoms with E-state index in [1.807, 2.05) is 11.4 Å². The van der Waals surface area contributed by atoms with E-state index >= 15 is 0 Å². The number of methoxy groups -OCH3 is 1. The van der Waals surface area contributed by atoms with Crippen LogP contribution in [0, 0.1) is 11.8 Å². The number of likely N-dealkylation sites (N-methyl/N-ethyl adjacent to an activating group) is 1. The Morgan fingerprint density at radius 2 is 2.41 bits per heavy atom. The van der Waals surface area contributed by atoms with Crippen molar-refractivity contribution in [2.24, 2.45) is 5.73 Å². The molecular weight excluding hydrogens is 236 g/mol. The summed E-state index contributed by atoms with van der Waals surface area (Å²) < 4.78 is 4.80. The zero-order valence-electron chi connectivity index (χ0n) is 10.0. The van der Waals surface area contributed by atoms with E-state index in [0.717, 1.165) is 10.4 Å². The summed E-state index contributed by atoms with van der Waals surface area (Å²) in [6, 6.07) is 1.98. The van der Waals surface area contributed by atoms with E-state index in [1.54, 1.807) is 23.3 Å². The minimum absolute atomic E-state index is 0.0340. The minimum atomic E-state index is -0.0340. The zero-order valence-corrected chi connectivity index (χ0v) is 10.8. The molecule has 0 aliphatic rings. The van der Waals surface area contributed by atoms with Crippen molar-refractivity contribution in [1.29, 1.82) is 0 Å². The van der Waals surface area contributed by atoms with Gasteiger partial charge >= 0.3 is 0 Å². The molecule has 17 heavy (non-hydrogen) atoms. The largest absolute Gasteiger partial charge is 0.375 e. The van der Waals surface area contributed by atoms with Crippen LogP contribution in [0.5, 0.6) is 0 Å². The van der Waals surface area contributed by atoms with Gasteiger partial charge < -0.3 is 15.4 Å². The van der Waals surface area contributed by atoms with Crippen LogP contribution in [-0.2, 0) is 16.1 Å². The summed E-state index contributed by atoms with van der Waals surface area (Å²) in [4.78, 5) is 14.1. The SMILES string of the molecule is COCC(=O)N(C)Cc1csc(C#CCN)c1. The third kappa shape index (κ3) is 4.57. The van der Waals surface area contributed by atoms with Crippen LogP contribution in [-0.4, -0.2) is 38.1 Å². The highest BCUT2D eigenvalue weighted by Gasteiger charge is 2.09. The summed E-state index contributed by atoms with van der Waals surface area (Å²) in [5, 5.41) is 2.00. The standard InChI is InChI=1S/C12H16N2O2S/c1-14(12(15)8-16-2)7-10-6-11(17-9-10)4-3-5-13/h6,9H,5,7-8,13H2,1-2H3. The van der Waals surface area contributed by atoms with E-state index in [0.29, 0.717) is 13.1 Å². The molecular formula is C12H16N2O2S. The number of hydrogen-bond donors (Lipinski definition) is 1. The lowest BCUT2D eigenvalue weighted by Gasteiger charge is -2.15. The van der Waals surface area contributed by atoms with Crippen molar-refractivity contribution in [2.45, 2.75) is 6.54 Å². The predicted octanol–water partition coefficient (Wildman–Crippen LogP) is 0.663. The van der Waals surface area contributed by atoms with Crippen LogP contribution in [0.15, 0.2) is 11.4 Å². The maximum absolute atomic E-state index is 11.5. The van der Waals surface area contributed by atoms with Gasteiger partial charge in [-0.1, -0.05) is 11.8 Å². The van der Waals surface area contributed by atoms with Crippen molar-refractivity contribution in [2.75, 3.05) is 27.3 Å². The first kappa shape index (κ1) is 13.7. The highest BCUT2D eigenvalue weighted by molar-refractivity contribution is 7.10. The van der Waals surface area contributed by atoms with Crippen LogP contribution in [0.25, 0.3) is 0 Å². The second-order valence-electron chi connectivity index (χ2n) is 3.51. The molecule has 1 heterocycles. The third-order valence-corrected chi connectivity index (χ3v) is 2.98. The van der Waals surface area contributed by atoms with Crippen molar-refractivity contribution in [3.63, 3.8) is 0 Å². The zero-order chi connectivity index (χ0) is 12.7. The maximum atomic E-state index is 11.5. The Hall–Kier alpha value is -1.35. The molecule has 0 saturated heterocycles. The molecule has 1 rings (SSSR count). The van der Waals surface area contributed by atoms with Crippen molar-refractivity contribution in [3.8, 4) is 11.8 Å². The van der Waals surface area contributed by atoms with Crippen molar-refractivity contribution in [3.05, 3.63) is 21.9 Å². The molecule has 0 unspecified atom stereocenters. The maximum Gasteiger partial charge on any atom is 0.248 e. The number of rotatable bonds is 4. The highest BCUT2D eigenvalue weighted by Crippen LogP contribution is 2.15. The number of nitrogens with two attached hydrogens (primary N) is 1. The topological polar surface area (TPSA) is 55.6 Å². The Labute approximate surface area is 105 Å². The summed E-state index contributed by atoms with van der Waals surface area (Å²) in [7, 11) is 3.26. The van der Waals surface area contributed by atoms with Crippen molar-refractivity contribution in [1.82, 2.24) is 4.90 Å². The van der Waals surface area contributed by atoms with Gasteiger partial charge in [0.2, 0.25) is 5.91 Å². The monoisotopic (exact) mass is 252 g/mol. The second-order valence-corrected chi connectivity index (χ2v) is 4.42. The number of hydrogen-bond acceptors (Lipinski definition) is 4. The minimum Gasteiger partial charge on any atom is -0.375 e. The van der Waals surface area contributed by atoms with Crippen LogP contribution < -0.4 is 5.73 Å². The van der Waals surface area contributed by atoms with Crippen LogP contribution in [0.2, 0.25) is 0 Å². The molecule has 0 aliphatic carbocycles. The van der Waals surface area contributed by atoms with Gasteiger partial charge in [-0.25, -0.2) is 0 Å². The lowest BCUT2D eigenvalue weighted by atomic mass is 10.3. The molecule has 5 heteroatoms. The predicted molar refractivity (Wildman–Crippen MR) is 68.6 cm³/mol. The molecule has 0 bridgehead atoms. The van der Waals surface area contributed by atoms with Gasteiger partial charge in [0.15, 0.2) is 0 Å². The Kier molecular flexibility index (Phi) is 5.70. The van der Waals surface area contributed by atoms with Gasteiger partial charge in [-0.2, -0.15) is 0 Å². The average Bonchev–Trinajstić information content (AvgIpc) is 2.74. The molecule has 1 aromatic rings. The molecule has 1 aromatic heterocycles. The van der Waals surface area contributed by atoms with Crippen LogP contribution >= 0.6 is 11.3 Å². The summed E-state index contributed by atoms with van der Waals surface area (Å²) >= 11 is 1.56. The van der Waals surface area contributed by atoms with Gasteiger partial charge in [-0.15, -0.1) is 11.3 Å². The Morgan fingerprint density at radius 3 is 3.06 bits per heavy atom. The Bertz CT molecular complexity index is 431. The van der Waals surface area contributed by atoms with Crippen LogP contribution in [0.1, 0.15) is 10.4 Å². The van der Waals surface area contributed by atoms with Gasteiger partial charge in [-0.3, -0.25) is 4.79 Å². The van der Waals surface area contributed by atoms with E-state index in [1.165, 1.54) is 7.11 Å². The fourth-order valence-corrected chi connectivity index (χ4v) is 2.03. The van der Waals surface area contributed by atoms with Crippen molar-refractivity contribution >= 4 is 17.2 Å². The summed E-state index contributed by atoms with van der Waals surface area (Å²) in [6.07, 6.45) is 0. The molecule has 92 valence electrons. The molecule has 0 aromatic carbocycles. The molecule has 1 amide bonds. The Morgan fingerprint density at radius 1 is 1.65 bits per heavy atom. The number of amides is 1. The summed E-state index contributed by atoms with van der Waals surface area (Å²) in [5.74, 6) is 5.74. The smallest absolute Gasteiger partial charge is 0.248 e. The first-order valence-electron chi connectivity index (χ1n) is 5.16. The fraction of sp³-hybridized carbons (Fsp3) is 0.417. The van der Waals surface area contributed by atoms with Gasteiger partial charge in [0.05, 0.1) is 11.4 Å². The van der Waals surface area contributed by atoms with Crippen LogP contribution in [0.4, 0.5) is 0 Å². The number of nitrogens with zero attached hydrogens (tertiary/aromatic N) is 1. The molecule has 0 fully saturated rings. The first-order chi connectivity index (χ1) is 8.17. The average molecular weight is 252 g/mol. The number of thiophene rings is 1. The third-order valence-electron chi connectivity index (χ3n) is 2.08. The van der Waals surface area contributed by atoms with Crippen molar-refractivity contribution < 1.29 is 9.53 Å². The number of carbonyl (C=O) groups is 1. The highest BCUT2D eigenvalue weighted by atomic mass is 32.1. The fourth-order valence-electron chi connectivity index (χ4n) is 1.26. The van der Waals surface area contributed by atoms with E-state index in [2.05, 4.69) is 11.8 Å². The van der Waals surface area contributed by atoms with Gasteiger partial charge in [-0.05, 0) is 17.0 Å². The van der Waals surface area contributed by atoms with Crippen LogP contribution in [0.3, 0.4) is 0 Å². The number of carbonyl (C=O) groups excluding carboxylic acids is 1. The Balaban J connectivity index is 2.57. The van der Waals surface area contributed by atoms with Gasteiger partial charge in [0, 0.05) is 20.7 Å². The molecule has 2 N–H and O–H groups in total. The van der Waals surface area contributed by atoms with Gasteiger partial charge in [0.25, 0.3) is 0 Å². The quantitative estimate of drug-likeness (QED) is 0.801. The van der Waals surface area contributed by atoms with E-state index in [9.17, 15) is 4.79 Å². The molecule has 0 radical (unpaired) electrons. The lowest BCUT2D eigenvalue weighted by molar-refractivity contribution is -0.134. The summed E-state index contributed by atoms with van der Waals surface area (Å²) in [5.41, 5.74) is 6.37. The molecule has 0 spiro atoms. The summed E-state index contributed by atoms with van der Waals surface area (Å²) in [6.45, 7) is 1.04. The normalized spacial score (nSPS) is 9.59.